The predicted octanol–water partition coefficient (Wildman–Crippen LogP) is 1.82. The van der Waals surface area contributed by atoms with Gasteiger partial charge in [0.25, 0.3) is 0 Å². The van der Waals surface area contributed by atoms with Gasteiger partial charge >= 0.3 is 0 Å². The van der Waals surface area contributed by atoms with Crippen molar-refractivity contribution >= 4 is 17.1 Å². The Bertz CT molecular complexity index is 1150. The maximum Gasteiger partial charge on any atom is 0.159 e. The molecule has 0 aliphatic carbocycles. The van der Waals surface area contributed by atoms with Gasteiger partial charge in [-0.15, -0.1) is 0 Å². The van der Waals surface area contributed by atoms with Gasteiger partial charge in [-0.05, 0) is 30.2 Å². The Morgan fingerprint density at radius 1 is 1.04 bits per heavy atom. The Labute approximate surface area is 137 Å². The first-order chi connectivity index (χ1) is 11.9. The summed E-state index contributed by atoms with van der Waals surface area (Å²) in [5, 5.41) is 8.44. The summed E-state index contributed by atoms with van der Waals surface area (Å²) >= 11 is 0. The molecule has 0 saturated carbocycles. The van der Waals surface area contributed by atoms with Crippen LogP contribution < -0.4 is 10.7 Å². The van der Waals surface area contributed by atoms with Crippen molar-refractivity contribution in [2.45, 2.75) is 6.42 Å². The molecule has 1 aliphatic rings. The van der Waals surface area contributed by atoms with Crippen molar-refractivity contribution in [2.75, 3.05) is 6.54 Å². The van der Waals surface area contributed by atoms with Gasteiger partial charge in [-0.25, -0.2) is 4.98 Å². The summed E-state index contributed by atoms with van der Waals surface area (Å²) in [6.07, 6.45) is 6.69. The monoisotopic (exact) mass is 314 g/mol. The lowest BCUT2D eigenvalue weighted by Gasteiger charge is -2.01. The second-order valence-electron chi connectivity index (χ2n) is 5.73. The van der Waals surface area contributed by atoms with Gasteiger partial charge in [0.05, 0.1) is 11.0 Å². The Morgan fingerprint density at radius 3 is 2.88 bits per heavy atom. The molecule has 6 heteroatoms. The maximum atomic E-state index is 4.82. The molecule has 24 heavy (non-hydrogen) atoms. The van der Waals surface area contributed by atoms with Gasteiger partial charge in [-0.3, -0.25) is 15.1 Å². The summed E-state index contributed by atoms with van der Waals surface area (Å²) in [5.74, 6) is 0.761. The molecule has 0 unspecified atom stereocenters. The fourth-order valence-electron chi connectivity index (χ4n) is 3.13. The number of H-pyrrole nitrogens is 2. The molecule has 4 heterocycles. The molecule has 5 rings (SSSR count). The minimum Gasteiger partial charge on any atom is -0.337 e. The number of nitrogens with one attached hydrogen (secondary N) is 2. The maximum absolute atomic E-state index is 4.82. The van der Waals surface area contributed by atoms with E-state index in [4.69, 9.17) is 4.98 Å². The zero-order valence-electron chi connectivity index (χ0n) is 12.8. The van der Waals surface area contributed by atoms with E-state index in [1.807, 2.05) is 24.3 Å². The lowest BCUT2D eigenvalue weighted by molar-refractivity contribution is 0.911. The molecule has 0 bridgehead atoms. The molecular formula is C18H14N6. The molecule has 116 valence electrons. The van der Waals surface area contributed by atoms with E-state index < -0.39 is 0 Å². The second-order valence-corrected chi connectivity index (χ2v) is 5.73. The lowest BCUT2D eigenvalue weighted by atomic mass is 10.1. The minimum absolute atomic E-state index is 0.761. The lowest BCUT2D eigenvalue weighted by Crippen LogP contribution is -2.27. The van der Waals surface area contributed by atoms with Gasteiger partial charge in [0.1, 0.15) is 5.69 Å². The number of imidazole rings is 1. The van der Waals surface area contributed by atoms with Crippen LogP contribution in [0.3, 0.4) is 0 Å². The molecule has 3 aromatic heterocycles. The number of aromatic nitrogens is 5. The van der Waals surface area contributed by atoms with Gasteiger partial charge < -0.3 is 4.98 Å². The normalized spacial score (nSPS) is 13.3. The number of nitrogens with zero attached hydrogens (tertiary/aromatic N) is 4. The van der Waals surface area contributed by atoms with E-state index in [-0.39, 0.29) is 0 Å². The first-order valence-electron chi connectivity index (χ1n) is 7.89. The zero-order chi connectivity index (χ0) is 15.9. The van der Waals surface area contributed by atoms with Crippen LogP contribution in [-0.2, 0) is 0 Å². The SMILES string of the molecule is C1=c2c(-c3nc4c(-c5ccncc5)cccc4[nH]3)n[nH]c2=NCC1. The van der Waals surface area contributed by atoms with Crippen LogP contribution in [0.15, 0.2) is 47.7 Å². The number of pyridine rings is 1. The third-order valence-corrected chi connectivity index (χ3v) is 4.26. The summed E-state index contributed by atoms with van der Waals surface area (Å²) < 4.78 is 0. The summed E-state index contributed by atoms with van der Waals surface area (Å²) in [6, 6.07) is 10.1. The Kier molecular flexibility index (Phi) is 2.82. The molecule has 1 aliphatic heterocycles. The van der Waals surface area contributed by atoms with Gasteiger partial charge in [0.15, 0.2) is 11.3 Å². The van der Waals surface area contributed by atoms with Gasteiger partial charge in [-0.1, -0.05) is 18.2 Å². The first-order valence-corrected chi connectivity index (χ1v) is 7.89. The van der Waals surface area contributed by atoms with Crippen LogP contribution in [0.1, 0.15) is 6.42 Å². The third-order valence-electron chi connectivity index (χ3n) is 4.26. The fraction of sp³-hybridized carbons (Fsp3) is 0.111. The second kappa shape index (κ2) is 5.13. The molecule has 4 aromatic rings. The highest BCUT2D eigenvalue weighted by molar-refractivity contribution is 5.93. The average molecular weight is 314 g/mol. The number of fused-ring (bicyclic) bond motifs is 2. The van der Waals surface area contributed by atoms with E-state index in [9.17, 15) is 0 Å². The quantitative estimate of drug-likeness (QED) is 0.592. The highest BCUT2D eigenvalue weighted by Gasteiger charge is 2.14. The third kappa shape index (κ3) is 1.96. The van der Waals surface area contributed by atoms with E-state index >= 15 is 0 Å². The number of hydrogen-bond donors (Lipinski definition) is 2. The largest absolute Gasteiger partial charge is 0.337 e. The molecule has 0 spiro atoms. The number of benzene rings is 1. The van der Waals surface area contributed by atoms with E-state index in [0.29, 0.717) is 0 Å². The van der Waals surface area contributed by atoms with Crippen molar-refractivity contribution in [2.24, 2.45) is 4.99 Å². The van der Waals surface area contributed by atoms with Crippen molar-refractivity contribution < 1.29 is 0 Å². The smallest absolute Gasteiger partial charge is 0.159 e. The fourth-order valence-corrected chi connectivity index (χ4v) is 3.13. The molecular weight excluding hydrogens is 300 g/mol. The first kappa shape index (κ1) is 13.2. The van der Waals surface area contributed by atoms with Gasteiger partial charge in [-0.2, -0.15) is 5.10 Å². The molecule has 0 radical (unpaired) electrons. The molecule has 1 aromatic carbocycles. The van der Waals surface area contributed by atoms with E-state index in [1.165, 1.54) is 0 Å². The van der Waals surface area contributed by atoms with Crippen LogP contribution >= 0.6 is 0 Å². The van der Waals surface area contributed by atoms with Crippen LogP contribution in [-0.4, -0.2) is 31.7 Å². The van der Waals surface area contributed by atoms with Crippen molar-refractivity contribution in [3.63, 3.8) is 0 Å². The molecule has 6 nitrogen and oxygen atoms in total. The van der Waals surface area contributed by atoms with Crippen molar-refractivity contribution in [3.8, 4) is 22.6 Å². The number of aromatic amines is 2. The molecule has 0 saturated heterocycles. The van der Waals surface area contributed by atoms with Crippen molar-refractivity contribution in [1.82, 2.24) is 25.1 Å². The number of para-hydroxylation sites is 1. The summed E-state index contributed by atoms with van der Waals surface area (Å²) in [5.41, 5.74) is 5.76. The van der Waals surface area contributed by atoms with E-state index in [1.54, 1.807) is 12.4 Å². The number of hydrogen-bond acceptors (Lipinski definition) is 4. The number of rotatable bonds is 2. The highest BCUT2D eigenvalue weighted by atomic mass is 15.2. The van der Waals surface area contributed by atoms with Gasteiger partial charge in [0.2, 0.25) is 0 Å². The predicted molar refractivity (Wildman–Crippen MR) is 91.6 cm³/mol. The molecule has 2 N–H and O–H groups in total. The molecule has 0 atom stereocenters. The van der Waals surface area contributed by atoms with Crippen LogP contribution in [0.2, 0.25) is 0 Å². The van der Waals surface area contributed by atoms with Crippen molar-refractivity contribution in [1.29, 1.82) is 0 Å². The van der Waals surface area contributed by atoms with Crippen LogP contribution in [0.4, 0.5) is 0 Å². The topological polar surface area (TPSA) is 82.6 Å². The van der Waals surface area contributed by atoms with Crippen molar-refractivity contribution in [3.05, 3.63) is 53.4 Å². The Balaban J connectivity index is 1.75. The van der Waals surface area contributed by atoms with Gasteiger partial charge in [0, 0.05) is 29.7 Å². The Hall–Kier alpha value is -3.28. The minimum atomic E-state index is 0.761. The zero-order valence-corrected chi connectivity index (χ0v) is 12.8. The average Bonchev–Trinajstić information content (AvgIpc) is 3.25. The van der Waals surface area contributed by atoms with Crippen LogP contribution in [0.25, 0.3) is 39.8 Å². The molecule has 0 amide bonds. The highest BCUT2D eigenvalue weighted by Crippen LogP contribution is 2.28. The standard InChI is InChI=1S/C18H14N6/c1-3-12(11-6-9-19-10-7-11)15-14(5-1)21-18(22-15)16-13-4-2-8-20-17(13)24-23-16/h1,3-7,9-10H,2,8H2,(H,20,24)(H,21,22). The molecule has 0 fully saturated rings. The van der Waals surface area contributed by atoms with E-state index in [2.05, 4.69) is 37.3 Å². The summed E-state index contributed by atoms with van der Waals surface area (Å²) in [6.45, 7) is 0.807. The van der Waals surface area contributed by atoms with Crippen LogP contribution in [0.5, 0.6) is 0 Å². The Morgan fingerprint density at radius 2 is 1.96 bits per heavy atom. The van der Waals surface area contributed by atoms with Crippen LogP contribution in [0, 0.1) is 0 Å². The summed E-state index contributed by atoms with van der Waals surface area (Å²) in [4.78, 5) is 16.8. The summed E-state index contributed by atoms with van der Waals surface area (Å²) in [7, 11) is 0. The van der Waals surface area contributed by atoms with E-state index in [0.717, 1.165) is 57.4 Å².